The van der Waals surface area contributed by atoms with E-state index in [1.807, 2.05) is 24.3 Å². The number of aromatic nitrogens is 1. The molecule has 0 N–H and O–H groups in total. The van der Waals surface area contributed by atoms with Crippen molar-refractivity contribution in [1.29, 1.82) is 0 Å². The molecule has 3 rings (SSSR count). The second-order valence-corrected chi connectivity index (χ2v) is 4.36. The van der Waals surface area contributed by atoms with E-state index in [1.54, 1.807) is 0 Å². The van der Waals surface area contributed by atoms with Crippen LogP contribution in [0.25, 0.3) is 22.6 Å². The van der Waals surface area contributed by atoms with Crippen LogP contribution in [0.5, 0.6) is 0 Å². The zero-order valence-corrected chi connectivity index (χ0v) is 9.90. The smallest absolute Gasteiger partial charge is 0.227 e. The summed E-state index contributed by atoms with van der Waals surface area (Å²) >= 11 is 0. The molecule has 1 heterocycles. The fourth-order valence-corrected chi connectivity index (χ4v) is 2.09. The second-order valence-electron chi connectivity index (χ2n) is 4.36. The standard InChI is InChI=1S/C13H11B2NO/c14-9-5-8(6-10(15)7-9)13-16-11-3-1-2-4-12(11)17-13/h1-7H,14-15H2. The largest absolute Gasteiger partial charge is 0.436 e. The number of fused-ring (bicyclic) bond motifs is 1. The number of hydrogen-bond acceptors (Lipinski definition) is 2. The van der Waals surface area contributed by atoms with Crippen molar-refractivity contribution in [3.8, 4) is 11.5 Å². The molecular weight excluding hydrogens is 208 g/mol. The molecule has 0 aliphatic carbocycles. The lowest BCUT2D eigenvalue weighted by Gasteiger charge is -2.00. The van der Waals surface area contributed by atoms with Crippen LogP contribution in [0.2, 0.25) is 0 Å². The van der Waals surface area contributed by atoms with Crippen LogP contribution >= 0.6 is 0 Å². The Kier molecular flexibility index (Phi) is 2.29. The van der Waals surface area contributed by atoms with Gasteiger partial charge in [0.15, 0.2) is 5.58 Å². The number of rotatable bonds is 1. The van der Waals surface area contributed by atoms with E-state index in [-0.39, 0.29) is 0 Å². The predicted molar refractivity (Wildman–Crippen MR) is 75.8 cm³/mol. The average molecular weight is 219 g/mol. The van der Waals surface area contributed by atoms with E-state index in [9.17, 15) is 0 Å². The summed E-state index contributed by atoms with van der Waals surface area (Å²) in [6, 6.07) is 14.2. The molecule has 17 heavy (non-hydrogen) atoms. The van der Waals surface area contributed by atoms with Gasteiger partial charge < -0.3 is 4.42 Å². The quantitative estimate of drug-likeness (QED) is 0.538. The summed E-state index contributed by atoms with van der Waals surface area (Å²) in [5.74, 6) is 0.693. The topological polar surface area (TPSA) is 26.0 Å². The van der Waals surface area contributed by atoms with Crippen molar-refractivity contribution in [2.75, 3.05) is 0 Å². The molecule has 0 spiro atoms. The molecular formula is C13H11B2NO. The Morgan fingerprint density at radius 3 is 2.35 bits per heavy atom. The van der Waals surface area contributed by atoms with Crippen LogP contribution in [-0.2, 0) is 0 Å². The van der Waals surface area contributed by atoms with E-state index in [4.69, 9.17) is 4.42 Å². The maximum absolute atomic E-state index is 5.75. The highest BCUT2D eigenvalue weighted by atomic mass is 16.3. The van der Waals surface area contributed by atoms with Gasteiger partial charge in [0, 0.05) is 5.56 Å². The van der Waals surface area contributed by atoms with Gasteiger partial charge in [-0.2, -0.15) is 0 Å². The molecule has 0 fully saturated rings. The third-order valence-electron chi connectivity index (χ3n) is 2.76. The van der Waals surface area contributed by atoms with Crippen LogP contribution in [0.15, 0.2) is 46.9 Å². The Morgan fingerprint density at radius 1 is 0.941 bits per heavy atom. The van der Waals surface area contributed by atoms with Crippen molar-refractivity contribution in [3.05, 3.63) is 42.5 Å². The third kappa shape index (κ3) is 1.86. The molecule has 0 amide bonds. The lowest BCUT2D eigenvalue weighted by Crippen LogP contribution is -2.13. The van der Waals surface area contributed by atoms with Gasteiger partial charge in [0.05, 0.1) is 0 Å². The van der Waals surface area contributed by atoms with Gasteiger partial charge in [-0.15, -0.1) is 0 Å². The predicted octanol–water partition coefficient (Wildman–Crippen LogP) is 0.0116. The highest BCUT2D eigenvalue weighted by Gasteiger charge is 2.07. The summed E-state index contributed by atoms with van der Waals surface area (Å²) < 4.78 is 5.75. The van der Waals surface area contributed by atoms with Crippen LogP contribution in [0.3, 0.4) is 0 Å². The molecule has 1 aromatic heterocycles. The molecule has 0 radical (unpaired) electrons. The van der Waals surface area contributed by atoms with E-state index in [1.165, 1.54) is 10.9 Å². The minimum Gasteiger partial charge on any atom is -0.436 e. The second kappa shape index (κ2) is 3.81. The van der Waals surface area contributed by atoms with Crippen molar-refractivity contribution >= 4 is 37.7 Å². The van der Waals surface area contributed by atoms with Gasteiger partial charge in [0.2, 0.25) is 5.89 Å². The first kappa shape index (κ1) is 10.2. The maximum atomic E-state index is 5.75. The monoisotopic (exact) mass is 219 g/mol. The summed E-state index contributed by atoms with van der Waals surface area (Å²) in [5.41, 5.74) is 5.23. The fraction of sp³-hybridized carbons (Fsp3) is 0. The molecule has 0 unspecified atom stereocenters. The van der Waals surface area contributed by atoms with Crippen molar-refractivity contribution in [1.82, 2.24) is 4.98 Å². The number of oxazole rings is 1. The maximum Gasteiger partial charge on any atom is 0.227 e. The molecule has 0 atom stereocenters. The van der Waals surface area contributed by atoms with Crippen LogP contribution in [0.4, 0.5) is 0 Å². The number of para-hydroxylation sites is 2. The molecule has 2 aromatic carbocycles. The highest BCUT2D eigenvalue weighted by molar-refractivity contribution is 6.38. The molecule has 3 aromatic rings. The van der Waals surface area contributed by atoms with E-state index in [2.05, 4.69) is 38.9 Å². The summed E-state index contributed by atoms with van der Waals surface area (Å²) in [5, 5.41) is 0. The van der Waals surface area contributed by atoms with Crippen LogP contribution in [-0.4, -0.2) is 20.7 Å². The lowest BCUT2D eigenvalue weighted by molar-refractivity contribution is 0.620. The summed E-state index contributed by atoms with van der Waals surface area (Å²) in [4.78, 5) is 4.50. The van der Waals surface area contributed by atoms with Gasteiger partial charge in [0.25, 0.3) is 0 Å². The summed E-state index contributed by atoms with van der Waals surface area (Å²) in [6.45, 7) is 0. The first-order chi connectivity index (χ1) is 8.22. The fourth-order valence-electron chi connectivity index (χ4n) is 2.09. The van der Waals surface area contributed by atoms with Gasteiger partial charge >= 0.3 is 0 Å². The third-order valence-corrected chi connectivity index (χ3v) is 2.76. The van der Waals surface area contributed by atoms with Crippen molar-refractivity contribution in [3.63, 3.8) is 0 Å². The van der Waals surface area contributed by atoms with Crippen LogP contribution < -0.4 is 10.9 Å². The number of benzene rings is 2. The highest BCUT2D eigenvalue weighted by Crippen LogP contribution is 2.22. The molecule has 80 valence electrons. The van der Waals surface area contributed by atoms with E-state index >= 15 is 0 Å². The minimum absolute atomic E-state index is 0.693. The van der Waals surface area contributed by atoms with Gasteiger partial charge in [-0.05, 0) is 12.1 Å². The van der Waals surface area contributed by atoms with Crippen molar-refractivity contribution in [2.45, 2.75) is 0 Å². The SMILES string of the molecule is Bc1cc(B)cc(-c2nc3ccccc3o2)c1. The molecule has 2 nitrogen and oxygen atoms in total. The average Bonchev–Trinajstić information content (AvgIpc) is 2.71. The number of hydrogen-bond donors (Lipinski definition) is 0. The molecule has 4 heteroatoms. The van der Waals surface area contributed by atoms with Gasteiger partial charge in [-0.3, -0.25) is 0 Å². The van der Waals surface area contributed by atoms with E-state index < -0.39 is 0 Å². The van der Waals surface area contributed by atoms with Crippen LogP contribution in [0.1, 0.15) is 0 Å². The van der Waals surface area contributed by atoms with Gasteiger partial charge in [0.1, 0.15) is 21.2 Å². The minimum atomic E-state index is 0.693. The Morgan fingerprint density at radius 2 is 1.65 bits per heavy atom. The van der Waals surface area contributed by atoms with E-state index in [0.29, 0.717) is 5.89 Å². The van der Waals surface area contributed by atoms with E-state index in [0.717, 1.165) is 16.7 Å². The Balaban J connectivity index is 2.20. The Labute approximate surface area is 101 Å². The zero-order valence-electron chi connectivity index (χ0n) is 9.90. The first-order valence-electron chi connectivity index (χ1n) is 5.66. The molecule has 0 saturated heterocycles. The van der Waals surface area contributed by atoms with Crippen molar-refractivity contribution in [2.24, 2.45) is 0 Å². The summed E-state index contributed by atoms with van der Waals surface area (Å²) in [6.07, 6.45) is 0. The molecule has 0 saturated carbocycles. The lowest BCUT2D eigenvalue weighted by atomic mass is 9.85. The first-order valence-corrected chi connectivity index (χ1v) is 5.66. The molecule has 0 bridgehead atoms. The van der Waals surface area contributed by atoms with Crippen molar-refractivity contribution < 1.29 is 4.42 Å². The van der Waals surface area contributed by atoms with Gasteiger partial charge in [-0.25, -0.2) is 4.98 Å². The Hall–Kier alpha value is -1.96. The Bertz CT molecular complexity index is 637. The normalized spacial score (nSPS) is 10.8. The van der Waals surface area contributed by atoms with Gasteiger partial charge in [-0.1, -0.05) is 41.3 Å². The zero-order chi connectivity index (χ0) is 11.8. The number of nitrogens with zero attached hydrogens (tertiary/aromatic N) is 1. The summed E-state index contributed by atoms with van der Waals surface area (Å²) in [7, 11) is 4.16. The van der Waals surface area contributed by atoms with Crippen LogP contribution in [0, 0.1) is 0 Å². The molecule has 0 aliphatic rings. The molecule has 0 aliphatic heterocycles.